The molecule has 1 aliphatic carbocycles. The van der Waals surface area contributed by atoms with E-state index in [0.717, 1.165) is 13.1 Å². The quantitative estimate of drug-likeness (QED) is 0.830. The summed E-state index contributed by atoms with van der Waals surface area (Å²) in [7, 11) is 0. The minimum atomic E-state index is 0.573. The highest BCUT2D eigenvalue weighted by molar-refractivity contribution is 14.1. The molecule has 82 valence electrons. The Morgan fingerprint density at radius 2 is 2.00 bits per heavy atom. The average molecular weight is 333 g/mol. The highest BCUT2D eigenvalue weighted by atomic mass is 127. The first kappa shape index (κ1) is 11.7. The monoisotopic (exact) mass is 333 g/mol. The number of benzene rings is 1. The Bertz CT molecular complexity index is 319. The third-order valence-corrected chi connectivity index (χ3v) is 5.07. The Kier molecular flexibility index (Phi) is 3.96. The average Bonchev–Trinajstić information content (AvgIpc) is 3.02. The fourth-order valence-corrected chi connectivity index (χ4v) is 2.75. The summed E-state index contributed by atoms with van der Waals surface area (Å²) < 4.78 is 1.88. The summed E-state index contributed by atoms with van der Waals surface area (Å²) in [5.74, 6) is 0. The van der Waals surface area contributed by atoms with Crippen LogP contribution >= 0.6 is 34.4 Å². The molecule has 0 atom stereocenters. The molecule has 0 amide bonds. The first-order valence-electron chi connectivity index (χ1n) is 5.24. The van der Waals surface area contributed by atoms with Crippen molar-refractivity contribution in [2.24, 2.45) is 0 Å². The van der Waals surface area contributed by atoms with Crippen LogP contribution in [0.5, 0.6) is 0 Å². The second kappa shape index (κ2) is 5.06. The lowest BCUT2D eigenvalue weighted by Gasteiger charge is -2.12. The summed E-state index contributed by atoms with van der Waals surface area (Å²) >= 11 is 4.35. The number of hydrogen-bond donors (Lipinski definition) is 1. The summed E-state index contributed by atoms with van der Waals surface area (Å²) in [5, 5.41) is 3.55. The van der Waals surface area contributed by atoms with Gasteiger partial charge < -0.3 is 5.32 Å². The van der Waals surface area contributed by atoms with Gasteiger partial charge in [-0.25, -0.2) is 0 Å². The van der Waals surface area contributed by atoms with E-state index in [1.54, 1.807) is 0 Å². The molecule has 1 N–H and O–H groups in total. The molecule has 0 aliphatic heterocycles. The second-order valence-corrected chi connectivity index (χ2v) is 6.64. The lowest BCUT2D eigenvalue weighted by molar-refractivity contribution is 0.663. The topological polar surface area (TPSA) is 12.0 Å². The van der Waals surface area contributed by atoms with Gasteiger partial charge in [-0.2, -0.15) is 11.8 Å². The molecule has 15 heavy (non-hydrogen) atoms. The zero-order valence-electron chi connectivity index (χ0n) is 8.92. The van der Waals surface area contributed by atoms with E-state index >= 15 is 0 Å². The van der Waals surface area contributed by atoms with Gasteiger partial charge in [0.2, 0.25) is 0 Å². The van der Waals surface area contributed by atoms with Crippen molar-refractivity contribution >= 4 is 34.4 Å². The van der Waals surface area contributed by atoms with E-state index in [9.17, 15) is 0 Å². The summed E-state index contributed by atoms with van der Waals surface area (Å²) in [6.07, 6.45) is 4.99. The first-order valence-corrected chi connectivity index (χ1v) is 7.55. The van der Waals surface area contributed by atoms with Crippen LogP contribution in [0.2, 0.25) is 0 Å². The van der Waals surface area contributed by atoms with Crippen molar-refractivity contribution in [1.29, 1.82) is 0 Å². The van der Waals surface area contributed by atoms with Crippen LogP contribution in [-0.2, 0) is 6.54 Å². The molecule has 0 aromatic heterocycles. The van der Waals surface area contributed by atoms with Crippen molar-refractivity contribution in [3.8, 4) is 0 Å². The van der Waals surface area contributed by atoms with Crippen LogP contribution in [0.1, 0.15) is 18.4 Å². The zero-order chi connectivity index (χ0) is 10.7. The Hall–Kier alpha value is 0.260. The van der Waals surface area contributed by atoms with Gasteiger partial charge in [0, 0.05) is 21.4 Å². The molecule has 2 rings (SSSR count). The lowest BCUT2D eigenvalue weighted by Crippen LogP contribution is -2.25. The summed E-state index contributed by atoms with van der Waals surface area (Å²) in [6.45, 7) is 2.15. The smallest absolute Gasteiger partial charge is 0.0282 e. The Morgan fingerprint density at radius 3 is 2.53 bits per heavy atom. The first-order chi connectivity index (χ1) is 7.24. The van der Waals surface area contributed by atoms with Crippen molar-refractivity contribution in [3.63, 3.8) is 0 Å². The minimum absolute atomic E-state index is 0.573. The van der Waals surface area contributed by atoms with Crippen LogP contribution in [0.4, 0.5) is 0 Å². The fraction of sp³-hybridized carbons (Fsp3) is 0.500. The molecule has 3 heteroatoms. The normalized spacial score (nSPS) is 17.7. The summed E-state index contributed by atoms with van der Waals surface area (Å²) in [4.78, 5) is 0. The van der Waals surface area contributed by atoms with Gasteiger partial charge in [-0.1, -0.05) is 12.1 Å². The minimum Gasteiger partial charge on any atom is -0.311 e. The summed E-state index contributed by atoms with van der Waals surface area (Å²) in [5.41, 5.74) is 1.38. The SMILES string of the molecule is CSC1(CNCc2ccc(I)cc2)CC1. The number of thioether (sulfide) groups is 1. The largest absolute Gasteiger partial charge is 0.311 e. The van der Waals surface area contributed by atoms with E-state index in [1.807, 2.05) is 11.8 Å². The van der Waals surface area contributed by atoms with E-state index in [0.29, 0.717) is 4.75 Å². The number of nitrogens with one attached hydrogen (secondary N) is 1. The maximum absolute atomic E-state index is 3.55. The number of halogens is 1. The van der Waals surface area contributed by atoms with E-state index in [1.165, 1.54) is 22.0 Å². The van der Waals surface area contributed by atoms with Crippen molar-refractivity contribution in [3.05, 3.63) is 33.4 Å². The van der Waals surface area contributed by atoms with E-state index in [4.69, 9.17) is 0 Å². The fourth-order valence-electron chi connectivity index (χ4n) is 1.63. The van der Waals surface area contributed by atoms with Gasteiger partial charge in [-0.3, -0.25) is 0 Å². The molecule has 1 saturated carbocycles. The molecular formula is C12H16INS. The number of hydrogen-bond acceptors (Lipinski definition) is 2. The van der Waals surface area contributed by atoms with Gasteiger partial charge in [0.05, 0.1) is 0 Å². The molecule has 1 fully saturated rings. The van der Waals surface area contributed by atoms with Crippen LogP contribution in [0.15, 0.2) is 24.3 Å². The van der Waals surface area contributed by atoms with Crippen LogP contribution in [-0.4, -0.2) is 17.5 Å². The number of rotatable bonds is 5. The highest BCUT2D eigenvalue weighted by Gasteiger charge is 2.41. The third kappa shape index (κ3) is 3.36. The molecule has 0 heterocycles. The predicted octanol–water partition coefficient (Wildman–Crippen LogP) is 3.28. The van der Waals surface area contributed by atoms with Gasteiger partial charge in [-0.05, 0) is 59.4 Å². The Balaban J connectivity index is 1.76. The van der Waals surface area contributed by atoms with Crippen molar-refractivity contribution in [1.82, 2.24) is 5.32 Å². The van der Waals surface area contributed by atoms with Crippen LogP contribution in [0, 0.1) is 3.57 Å². The molecule has 0 spiro atoms. The van der Waals surface area contributed by atoms with Crippen LogP contribution < -0.4 is 5.32 Å². The molecule has 1 aromatic rings. The van der Waals surface area contributed by atoms with E-state index in [2.05, 4.69) is 58.4 Å². The molecule has 0 unspecified atom stereocenters. The Morgan fingerprint density at radius 1 is 1.33 bits per heavy atom. The Labute approximate surface area is 110 Å². The van der Waals surface area contributed by atoms with Gasteiger partial charge >= 0.3 is 0 Å². The van der Waals surface area contributed by atoms with E-state index in [-0.39, 0.29) is 0 Å². The molecule has 1 aromatic carbocycles. The van der Waals surface area contributed by atoms with Crippen molar-refractivity contribution < 1.29 is 0 Å². The maximum Gasteiger partial charge on any atom is 0.0282 e. The predicted molar refractivity (Wildman–Crippen MR) is 76.3 cm³/mol. The second-order valence-electron chi connectivity index (χ2n) is 4.12. The molecule has 0 radical (unpaired) electrons. The molecule has 1 nitrogen and oxygen atoms in total. The van der Waals surface area contributed by atoms with Gasteiger partial charge in [0.15, 0.2) is 0 Å². The van der Waals surface area contributed by atoms with Gasteiger partial charge in [0.1, 0.15) is 0 Å². The highest BCUT2D eigenvalue weighted by Crippen LogP contribution is 2.46. The lowest BCUT2D eigenvalue weighted by atomic mass is 10.2. The third-order valence-electron chi connectivity index (χ3n) is 2.93. The van der Waals surface area contributed by atoms with Gasteiger partial charge in [0.25, 0.3) is 0 Å². The maximum atomic E-state index is 3.55. The van der Waals surface area contributed by atoms with Crippen LogP contribution in [0.25, 0.3) is 0 Å². The summed E-state index contributed by atoms with van der Waals surface area (Å²) in [6, 6.07) is 8.74. The molecule has 1 aliphatic rings. The van der Waals surface area contributed by atoms with Gasteiger partial charge in [-0.15, -0.1) is 0 Å². The standard InChI is InChI=1S/C12H16INS/c1-15-12(6-7-12)9-14-8-10-2-4-11(13)5-3-10/h2-5,14H,6-9H2,1H3. The van der Waals surface area contributed by atoms with Crippen molar-refractivity contribution in [2.45, 2.75) is 24.1 Å². The van der Waals surface area contributed by atoms with Crippen molar-refractivity contribution in [2.75, 3.05) is 12.8 Å². The molecule has 0 saturated heterocycles. The van der Waals surface area contributed by atoms with Crippen LogP contribution in [0.3, 0.4) is 0 Å². The molecular weight excluding hydrogens is 317 g/mol. The molecule has 0 bridgehead atoms. The zero-order valence-corrected chi connectivity index (χ0v) is 11.9. The van der Waals surface area contributed by atoms with E-state index < -0.39 is 0 Å².